The van der Waals surface area contributed by atoms with Gasteiger partial charge < -0.3 is 15.5 Å². The van der Waals surface area contributed by atoms with Gasteiger partial charge in [-0.3, -0.25) is 14.7 Å². The van der Waals surface area contributed by atoms with Crippen molar-refractivity contribution in [1.82, 2.24) is 15.2 Å². The third kappa shape index (κ3) is 6.20. The molecule has 0 aliphatic carbocycles. The molecule has 2 aromatic rings. The summed E-state index contributed by atoms with van der Waals surface area (Å²) < 4.78 is 0. The van der Waals surface area contributed by atoms with Crippen LogP contribution in [-0.2, 0) is 17.8 Å². The fraction of sp³-hybridized carbons (Fsp3) is 0.409. The van der Waals surface area contributed by atoms with E-state index in [1.165, 1.54) is 17.0 Å². The standard InChI is InChI=1S/C22H29N3O4/c1-16(2)8-13-24-20(27)22(3,14-17-4-6-19(26)7-5-17)25(21(28)29)15-18-9-11-23-12-10-18/h4-7,9-12,16,26H,8,13-15H2,1-3H3,(H,24,27)(H,28,29). The maximum absolute atomic E-state index is 13.2. The average Bonchev–Trinajstić information content (AvgIpc) is 2.68. The summed E-state index contributed by atoms with van der Waals surface area (Å²) in [6.45, 7) is 6.30. The molecule has 1 atom stereocenters. The molecule has 7 nitrogen and oxygen atoms in total. The Morgan fingerprint density at radius 3 is 2.28 bits per heavy atom. The van der Waals surface area contributed by atoms with Crippen LogP contribution in [0.15, 0.2) is 48.8 Å². The normalized spacial score (nSPS) is 13.0. The van der Waals surface area contributed by atoms with Gasteiger partial charge in [-0.25, -0.2) is 4.79 Å². The SMILES string of the molecule is CC(C)CCNC(=O)C(C)(Cc1ccc(O)cc1)N(Cc1ccncc1)C(=O)O. The topological polar surface area (TPSA) is 103 Å². The Hall–Kier alpha value is -3.09. The number of phenolic OH excluding ortho intramolecular Hbond substituents is 1. The first kappa shape index (κ1) is 22.2. The van der Waals surface area contributed by atoms with E-state index in [2.05, 4.69) is 24.1 Å². The van der Waals surface area contributed by atoms with Crippen molar-refractivity contribution in [2.24, 2.45) is 5.92 Å². The Morgan fingerprint density at radius 1 is 1.10 bits per heavy atom. The van der Waals surface area contributed by atoms with Crippen LogP contribution in [-0.4, -0.2) is 44.2 Å². The van der Waals surface area contributed by atoms with E-state index in [9.17, 15) is 19.8 Å². The van der Waals surface area contributed by atoms with Gasteiger partial charge in [0.25, 0.3) is 0 Å². The van der Waals surface area contributed by atoms with Crippen LogP contribution in [0.25, 0.3) is 0 Å². The smallest absolute Gasteiger partial charge is 0.408 e. The van der Waals surface area contributed by atoms with Crippen molar-refractivity contribution < 1.29 is 19.8 Å². The largest absolute Gasteiger partial charge is 0.508 e. The summed E-state index contributed by atoms with van der Waals surface area (Å²) >= 11 is 0. The molecular weight excluding hydrogens is 370 g/mol. The first-order valence-corrected chi connectivity index (χ1v) is 9.68. The Balaban J connectivity index is 2.34. The second kappa shape index (κ2) is 9.91. The molecule has 7 heteroatoms. The van der Waals surface area contributed by atoms with E-state index < -0.39 is 11.6 Å². The van der Waals surface area contributed by atoms with E-state index in [0.717, 1.165) is 17.5 Å². The zero-order valence-electron chi connectivity index (χ0n) is 17.1. The number of aromatic hydroxyl groups is 1. The number of carboxylic acid groups (broad SMARTS) is 1. The molecule has 0 saturated carbocycles. The van der Waals surface area contributed by atoms with Crippen LogP contribution >= 0.6 is 0 Å². The Kier molecular flexibility index (Phi) is 7.59. The number of hydrogen-bond acceptors (Lipinski definition) is 4. The van der Waals surface area contributed by atoms with Crippen LogP contribution in [0.5, 0.6) is 5.75 Å². The maximum atomic E-state index is 13.2. The minimum absolute atomic E-state index is 0.0596. The van der Waals surface area contributed by atoms with Gasteiger partial charge in [-0.15, -0.1) is 0 Å². The van der Waals surface area contributed by atoms with Crippen molar-refractivity contribution >= 4 is 12.0 Å². The first-order valence-electron chi connectivity index (χ1n) is 9.68. The molecule has 0 fully saturated rings. The van der Waals surface area contributed by atoms with Crippen LogP contribution in [0.1, 0.15) is 38.3 Å². The number of rotatable bonds is 9. The molecule has 0 radical (unpaired) electrons. The van der Waals surface area contributed by atoms with E-state index in [-0.39, 0.29) is 24.6 Å². The Labute approximate surface area is 171 Å². The number of hydrogen-bond donors (Lipinski definition) is 3. The number of nitrogens with one attached hydrogen (secondary N) is 1. The Morgan fingerprint density at radius 2 is 1.72 bits per heavy atom. The van der Waals surface area contributed by atoms with Crippen LogP contribution in [0, 0.1) is 5.92 Å². The highest BCUT2D eigenvalue weighted by molar-refractivity contribution is 5.89. The van der Waals surface area contributed by atoms with E-state index >= 15 is 0 Å². The predicted molar refractivity (Wildman–Crippen MR) is 110 cm³/mol. The number of amides is 2. The fourth-order valence-electron chi connectivity index (χ4n) is 3.10. The summed E-state index contributed by atoms with van der Waals surface area (Å²) in [5.74, 6) is 0.192. The van der Waals surface area contributed by atoms with Crippen LogP contribution < -0.4 is 5.32 Å². The van der Waals surface area contributed by atoms with Gasteiger partial charge in [0.15, 0.2) is 0 Å². The van der Waals surface area contributed by atoms with Crippen molar-refractivity contribution in [1.29, 1.82) is 0 Å². The molecule has 1 heterocycles. The highest BCUT2D eigenvalue weighted by atomic mass is 16.4. The third-order valence-corrected chi connectivity index (χ3v) is 4.90. The lowest BCUT2D eigenvalue weighted by atomic mass is 9.89. The van der Waals surface area contributed by atoms with Gasteiger partial charge in [0.05, 0.1) is 6.54 Å². The molecule has 3 N–H and O–H groups in total. The zero-order valence-corrected chi connectivity index (χ0v) is 17.1. The summed E-state index contributed by atoms with van der Waals surface area (Å²) in [6, 6.07) is 9.91. The lowest BCUT2D eigenvalue weighted by Gasteiger charge is -2.38. The van der Waals surface area contributed by atoms with Gasteiger partial charge in [-0.1, -0.05) is 26.0 Å². The molecule has 0 aliphatic heterocycles. The van der Waals surface area contributed by atoms with Crippen molar-refractivity contribution in [2.75, 3.05) is 6.54 Å². The molecule has 156 valence electrons. The molecule has 0 aliphatic rings. The van der Waals surface area contributed by atoms with Gasteiger partial charge in [0.2, 0.25) is 5.91 Å². The average molecular weight is 399 g/mol. The maximum Gasteiger partial charge on any atom is 0.408 e. The summed E-state index contributed by atoms with van der Waals surface area (Å²) in [4.78, 5) is 30.5. The molecule has 29 heavy (non-hydrogen) atoms. The predicted octanol–water partition coefficient (Wildman–Crippen LogP) is 3.43. The van der Waals surface area contributed by atoms with Gasteiger partial charge in [0, 0.05) is 25.4 Å². The first-order chi connectivity index (χ1) is 13.7. The van der Waals surface area contributed by atoms with Crippen molar-refractivity contribution in [3.63, 3.8) is 0 Å². The number of nitrogens with zero attached hydrogens (tertiary/aromatic N) is 2. The molecule has 1 unspecified atom stereocenters. The fourth-order valence-corrected chi connectivity index (χ4v) is 3.10. The van der Waals surface area contributed by atoms with Crippen LogP contribution in [0.3, 0.4) is 0 Å². The summed E-state index contributed by atoms with van der Waals surface area (Å²) in [5, 5.41) is 22.4. The molecule has 2 amide bonds. The number of aromatic nitrogens is 1. The summed E-state index contributed by atoms with van der Waals surface area (Å²) in [5.41, 5.74) is 0.169. The summed E-state index contributed by atoms with van der Waals surface area (Å²) in [6.07, 6.45) is 2.99. The second-order valence-corrected chi connectivity index (χ2v) is 7.78. The zero-order chi connectivity index (χ0) is 21.4. The molecular formula is C22H29N3O4. The van der Waals surface area contributed by atoms with Gasteiger partial charge in [0.1, 0.15) is 11.3 Å². The van der Waals surface area contributed by atoms with E-state index in [1.807, 2.05) is 0 Å². The van der Waals surface area contributed by atoms with E-state index in [4.69, 9.17) is 0 Å². The second-order valence-electron chi connectivity index (χ2n) is 7.78. The number of carbonyl (C=O) groups excluding carboxylic acids is 1. The number of pyridine rings is 1. The number of phenols is 1. The third-order valence-electron chi connectivity index (χ3n) is 4.90. The number of carbonyl (C=O) groups is 2. The van der Waals surface area contributed by atoms with Crippen LogP contribution in [0.2, 0.25) is 0 Å². The Bertz CT molecular complexity index is 809. The highest BCUT2D eigenvalue weighted by Gasteiger charge is 2.42. The molecule has 1 aromatic heterocycles. The van der Waals surface area contributed by atoms with Crippen molar-refractivity contribution in [3.8, 4) is 5.75 Å². The minimum Gasteiger partial charge on any atom is -0.508 e. The lowest BCUT2D eigenvalue weighted by molar-refractivity contribution is -0.132. The van der Waals surface area contributed by atoms with Crippen molar-refractivity contribution in [2.45, 2.75) is 45.7 Å². The monoisotopic (exact) mass is 399 g/mol. The minimum atomic E-state index is -1.33. The highest BCUT2D eigenvalue weighted by Crippen LogP contribution is 2.25. The van der Waals surface area contributed by atoms with Gasteiger partial charge >= 0.3 is 6.09 Å². The molecule has 0 saturated heterocycles. The molecule has 0 spiro atoms. The molecule has 1 aromatic carbocycles. The number of benzene rings is 1. The lowest BCUT2D eigenvalue weighted by Crippen LogP contribution is -2.59. The molecule has 0 bridgehead atoms. The quantitative estimate of drug-likeness (QED) is 0.599. The van der Waals surface area contributed by atoms with Crippen molar-refractivity contribution in [3.05, 3.63) is 59.9 Å². The van der Waals surface area contributed by atoms with Gasteiger partial charge in [-0.2, -0.15) is 0 Å². The van der Waals surface area contributed by atoms with E-state index in [1.54, 1.807) is 43.6 Å². The molecule has 2 rings (SSSR count). The van der Waals surface area contributed by atoms with Gasteiger partial charge in [-0.05, 0) is 54.7 Å². The summed E-state index contributed by atoms with van der Waals surface area (Å²) in [7, 11) is 0. The van der Waals surface area contributed by atoms with Crippen LogP contribution in [0.4, 0.5) is 4.79 Å². The van der Waals surface area contributed by atoms with E-state index in [0.29, 0.717) is 12.5 Å².